The van der Waals surface area contributed by atoms with Gasteiger partial charge in [0, 0.05) is 31.7 Å². The zero-order chi connectivity index (χ0) is 23.5. The molecule has 174 valence electrons. The van der Waals surface area contributed by atoms with Crippen molar-refractivity contribution < 1.29 is 19.1 Å². The van der Waals surface area contributed by atoms with Gasteiger partial charge in [0.2, 0.25) is 11.8 Å². The van der Waals surface area contributed by atoms with Crippen molar-refractivity contribution in [1.29, 1.82) is 0 Å². The largest absolute Gasteiger partial charge is 0.494 e. The molecule has 33 heavy (non-hydrogen) atoms. The van der Waals surface area contributed by atoms with E-state index in [1.807, 2.05) is 25.1 Å². The van der Waals surface area contributed by atoms with E-state index >= 15 is 0 Å². The number of aromatic nitrogens is 2. The molecule has 0 radical (unpaired) electrons. The fourth-order valence-electron chi connectivity index (χ4n) is 4.11. The zero-order valence-corrected chi connectivity index (χ0v) is 19.4. The minimum Gasteiger partial charge on any atom is -0.494 e. The lowest BCUT2D eigenvalue weighted by atomic mass is 9.89. The monoisotopic (exact) mass is 470 g/mol. The number of amides is 2. The van der Waals surface area contributed by atoms with E-state index in [0.717, 1.165) is 22.7 Å². The van der Waals surface area contributed by atoms with E-state index in [4.69, 9.17) is 9.40 Å². The van der Waals surface area contributed by atoms with Crippen LogP contribution in [0.1, 0.15) is 51.1 Å². The molecule has 0 unspecified atom stereocenters. The second kappa shape index (κ2) is 9.62. The fourth-order valence-corrected chi connectivity index (χ4v) is 4.82. The van der Waals surface area contributed by atoms with Gasteiger partial charge < -0.3 is 19.3 Å². The van der Waals surface area contributed by atoms with Crippen molar-refractivity contribution in [2.75, 3.05) is 20.1 Å². The highest BCUT2D eigenvalue weighted by atomic mass is 32.1. The maximum Gasteiger partial charge on any atom is 0.307 e. The number of furan rings is 1. The average molecular weight is 471 g/mol. The second-order valence-electron chi connectivity index (χ2n) is 8.24. The number of likely N-dealkylation sites (tertiary alicyclic amines) is 1. The van der Waals surface area contributed by atoms with Gasteiger partial charge in [-0.25, -0.2) is 0 Å². The van der Waals surface area contributed by atoms with Gasteiger partial charge in [-0.05, 0) is 44.0 Å². The quantitative estimate of drug-likeness (QED) is 0.572. The van der Waals surface area contributed by atoms with Crippen molar-refractivity contribution in [2.24, 2.45) is 0 Å². The first kappa shape index (κ1) is 22.8. The van der Waals surface area contributed by atoms with Gasteiger partial charge in [-0.1, -0.05) is 11.3 Å². The van der Waals surface area contributed by atoms with Crippen LogP contribution in [-0.4, -0.2) is 56.8 Å². The number of aromatic amines is 1. The molecule has 1 fully saturated rings. The number of nitrogens with zero attached hydrogens (tertiary/aromatic N) is 3. The molecule has 3 aromatic rings. The minimum absolute atomic E-state index is 0.0100. The molecule has 0 bridgehead atoms. The van der Waals surface area contributed by atoms with Gasteiger partial charge in [-0.3, -0.25) is 24.4 Å². The van der Waals surface area contributed by atoms with Crippen LogP contribution in [0, 0.1) is 6.92 Å². The smallest absolute Gasteiger partial charge is 0.307 e. The van der Waals surface area contributed by atoms with Crippen molar-refractivity contribution in [1.82, 2.24) is 19.8 Å². The topological polar surface area (TPSA) is 120 Å². The van der Waals surface area contributed by atoms with Gasteiger partial charge in [0.15, 0.2) is 0 Å². The Morgan fingerprint density at radius 2 is 2.06 bits per heavy atom. The number of carbonyl (C=O) groups excluding carboxylic acids is 2. The predicted molar refractivity (Wildman–Crippen MR) is 122 cm³/mol. The maximum atomic E-state index is 13.2. The first-order valence-electron chi connectivity index (χ1n) is 10.8. The SMILES string of the molecule is Cc1ccc(C(=O)N(C)Cc2ccco2)c(C2CCN(C(=O)Cc3sc(=O)[nH]c3O)CC2)n1. The van der Waals surface area contributed by atoms with Crippen LogP contribution in [0.3, 0.4) is 0 Å². The van der Waals surface area contributed by atoms with Crippen LogP contribution in [0.25, 0.3) is 0 Å². The Balaban J connectivity index is 1.44. The van der Waals surface area contributed by atoms with Gasteiger partial charge >= 0.3 is 4.87 Å². The highest BCUT2D eigenvalue weighted by molar-refractivity contribution is 7.09. The Morgan fingerprint density at radius 1 is 1.30 bits per heavy atom. The van der Waals surface area contributed by atoms with Crippen LogP contribution >= 0.6 is 11.3 Å². The van der Waals surface area contributed by atoms with Crippen molar-refractivity contribution in [3.05, 3.63) is 67.8 Å². The predicted octanol–water partition coefficient (Wildman–Crippen LogP) is 2.66. The van der Waals surface area contributed by atoms with Crippen molar-refractivity contribution >= 4 is 23.2 Å². The molecule has 2 amide bonds. The van der Waals surface area contributed by atoms with Gasteiger partial charge in [0.25, 0.3) is 5.91 Å². The standard InChI is InChI=1S/C23H26N4O5S/c1-14-5-6-17(22(30)26(2)13-16-4-3-11-32-16)20(24-14)15-7-9-27(10-8-15)19(28)12-18-21(29)25-23(31)33-18/h3-6,11,15,29H,7-10,12-13H2,1-2H3,(H,25,31). The van der Waals surface area contributed by atoms with Crippen molar-refractivity contribution in [2.45, 2.75) is 38.6 Å². The lowest BCUT2D eigenvalue weighted by molar-refractivity contribution is -0.131. The summed E-state index contributed by atoms with van der Waals surface area (Å²) in [5.74, 6) is 0.273. The molecule has 4 rings (SSSR count). The molecular formula is C23H26N4O5S. The lowest BCUT2D eigenvalue weighted by Crippen LogP contribution is -2.39. The molecule has 1 saturated heterocycles. The van der Waals surface area contributed by atoms with Gasteiger partial charge in [-0.2, -0.15) is 0 Å². The number of hydrogen-bond donors (Lipinski definition) is 2. The first-order chi connectivity index (χ1) is 15.8. The molecule has 4 heterocycles. The van der Waals surface area contributed by atoms with Crippen LogP contribution in [-0.2, 0) is 17.8 Å². The summed E-state index contributed by atoms with van der Waals surface area (Å²) < 4.78 is 5.36. The van der Waals surface area contributed by atoms with Crippen LogP contribution in [0.4, 0.5) is 0 Å². The van der Waals surface area contributed by atoms with Crippen molar-refractivity contribution in [3.63, 3.8) is 0 Å². The summed E-state index contributed by atoms with van der Waals surface area (Å²) in [5, 5.41) is 9.74. The summed E-state index contributed by atoms with van der Waals surface area (Å²) in [5.41, 5.74) is 2.17. The van der Waals surface area contributed by atoms with E-state index in [0.29, 0.717) is 48.7 Å². The highest BCUT2D eigenvalue weighted by Crippen LogP contribution is 2.31. The summed E-state index contributed by atoms with van der Waals surface area (Å²) in [6.07, 6.45) is 2.93. The summed E-state index contributed by atoms with van der Waals surface area (Å²) in [4.78, 5) is 47.5. The Bertz CT molecular complexity index is 1190. The third-order valence-corrected chi connectivity index (χ3v) is 6.73. The average Bonchev–Trinajstić information content (AvgIpc) is 3.42. The lowest BCUT2D eigenvalue weighted by Gasteiger charge is -2.32. The van der Waals surface area contributed by atoms with E-state index in [9.17, 15) is 19.5 Å². The van der Waals surface area contributed by atoms with E-state index in [-0.39, 0.29) is 34.9 Å². The number of aryl methyl sites for hydroxylation is 1. The first-order valence-corrected chi connectivity index (χ1v) is 11.6. The van der Waals surface area contributed by atoms with E-state index in [1.165, 1.54) is 0 Å². The molecule has 0 spiro atoms. The molecule has 0 saturated carbocycles. The molecule has 10 heteroatoms. The molecule has 0 aliphatic carbocycles. The molecule has 2 N–H and O–H groups in total. The van der Waals surface area contributed by atoms with E-state index in [1.54, 1.807) is 29.2 Å². The van der Waals surface area contributed by atoms with Gasteiger partial charge in [0.05, 0.1) is 35.4 Å². The third kappa shape index (κ3) is 5.16. The van der Waals surface area contributed by atoms with Crippen LogP contribution in [0.5, 0.6) is 5.88 Å². The summed E-state index contributed by atoms with van der Waals surface area (Å²) in [6, 6.07) is 7.29. The molecule has 0 aromatic carbocycles. The normalized spacial score (nSPS) is 14.4. The molecule has 9 nitrogen and oxygen atoms in total. The molecule has 0 atom stereocenters. The minimum atomic E-state index is -0.381. The number of hydrogen-bond acceptors (Lipinski definition) is 7. The Hall–Kier alpha value is -3.40. The fraction of sp³-hybridized carbons (Fsp3) is 0.391. The van der Waals surface area contributed by atoms with E-state index in [2.05, 4.69) is 4.98 Å². The number of piperidine rings is 1. The molecule has 1 aliphatic rings. The number of H-pyrrole nitrogens is 1. The summed E-state index contributed by atoms with van der Waals surface area (Å²) >= 11 is 0.847. The molecular weight excluding hydrogens is 444 g/mol. The number of rotatable bonds is 6. The zero-order valence-electron chi connectivity index (χ0n) is 18.5. The number of thiazole rings is 1. The highest BCUT2D eigenvalue weighted by Gasteiger charge is 2.29. The van der Waals surface area contributed by atoms with Crippen LogP contribution in [0.2, 0.25) is 0 Å². The third-order valence-electron chi connectivity index (χ3n) is 5.86. The summed E-state index contributed by atoms with van der Waals surface area (Å²) in [6.45, 7) is 3.31. The number of pyridine rings is 1. The van der Waals surface area contributed by atoms with E-state index < -0.39 is 0 Å². The van der Waals surface area contributed by atoms with Gasteiger partial charge in [0.1, 0.15) is 5.76 Å². The molecule has 1 aliphatic heterocycles. The Labute approximate surface area is 194 Å². The maximum absolute atomic E-state index is 13.2. The number of nitrogens with one attached hydrogen (secondary N) is 1. The Morgan fingerprint density at radius 3 is 2.70 bits per heavy atom. The van der Waals surface area contributed by atoms with Crippen molar-refractivity contribution in [3.8, 4) is 5.88 Å². The van der Waals surface area contributed by atoms with Crippen LogP contribution in [0.15, 0.2) is 39.7 Å². The summed E-state index contributed by atoms with van der Waals surface area (Å²) in [7, 11) is 1.74. The van der Waals surface area contributed by atoms with Gasteiger partial charge in [-0.15, -0.1) is 0 Å². The number of carbonyl (C=O) groups is 2. The van der Waals surface area contributed by atoms with Crippen LogP contribution < -0.4 is 4.87 Å². The second-order valence-corrected chi connectivity index (χ2v) is 9.31. The number of aromatic hydroxyl groups is 1. The Kier molecular flexibility index (Phi) is 6.64. The molecule has 3 aromatic heterocycles.